The topological polar surface area (TPSA) is 134 Å². The number of phenolic OH excluding ortho intramolecular Hbond substituents is 1. The molecular formula is C26H30N2O7S. The first-order chi connectivity index (χ1) is 17.1. The fourth-order valence-electron chi connectivity index (χ4n) is 3.54. The normalized spacial score (nSPS) is 13.0. The van der Waals surface area contributed by atoms with Gasteiger partial charge in [0, 0.05) is 12.6 Å². The lowest BCUT2D eigenvalue weighted by Crippen LogP contribution is -2.35. The smallest absolute Gasteiger partial charge is 0.337 e. The first-order valence-electron chi connectivity index (χ1n) is 11.2. The quantitative estimate of drug-likeness (QED) is 0.174. The molecule has 0 saturated heterocycles. The van der Waals surface area contributed by atoms with Crippen molar-refractivity contribution in [2.75, 3.05) is 31.2 Å². The van der Waals surface area contributed by atoms with Gasteiger partial charge in [0.2, 0.25) is 10.0 Å². The van der Waals surface area contributed by atoms with Crippen molar-refractivity contribution >= 4 is 21.7 Å². The summed E-state index contributed by atoms with van der Waals surface area (Å²) in [6, 6.07) is 18.6. The Morgan fingerprint density at radius 1 is 1.00 bits per heavy atom. The summed E-state index contributed by atoms with van der Waals surface area (Å²) < 4.78 is 35.7. The number of ether oxygens (including phenoxy) is 2. The maximum Gasteiger partial charge on any atom is 0.337 e. The van der Waals surface area contributed by atoms with Crippen molar-refractivity contribution in [1.82, 2.24) is 5.32 Å². The average Bonchev–Trinajstić information content (AvgIpc) is 2.86. The maximum atomic E-state index is 11.6. The number of aliphatic hydroxyl groups excluding tert-OH is 1. The van der Waals surface area contributed by atoms with Crippen LogP contribution in [0.25, 0.3) is 11.1 Å². The number of aliphatic hydroxyl groups is 1. The number of nitrogens with one attached hydrogen (secondary N) is 2. The van der Waals surface area contributed by atoms with E-state index in [1.54, 1.807) is 19.1 Å². The molecule has 0 bridgehead atoms. The van der Waals surface area contributed by atoms with Gasteiger partial charge < -0.3 is 25.0 Å². The van der Waals surface area contributed by atoms with Crippen LogP contribution in [0.1, 0.15) is 28.9 Å². The Morgan fingerprint density at radius 3 is 2.19 bits per heavy atom. The number of anilines is 1. The molecular weight excluding hydrogens is 484 g/mol. The van der Waals surface area contributed by atoms with Crippen LogP contribution in [0.15, 0.2) is 66.7 Å². The molecule has 36 heavy (non-hydrogen) atoms. The first-order valence-corrected chi connectivity index (χ1v) is 13.1. The molecule has 0 aliphatic rings. The Morgan fingerprint density at radius 2 is 1.61 bits per heavy atom. The second-order valence-corrected chi connectivity index (χ2v) is 10.0. The molecule has 3 rings (SSSR count). The van der Waals surface area contributed by atoms with Crippen molar-refractivity contribution in [2.24, 2.45) is 0 Å². The number of aromatic hydroxyl groups is 1. The van der Waals surface area contributed by atoms with Crippen molar-refractivity contribution in [3.05, 3.63) is 77.9 Å². The number of sulfonamides is 1. The van der Waals surface area contributed by atoms with E-state index >= 15 is 0 Å². The van der Waals surface area contributed by atoms with E-state index in [4.69, 9.17) is 9.47 Å². The number of hydrogen-bond acceptors (Lipinski definition) is 8. The molecule has 3 aromatic rings. The predicted molar refractivity (Wildman–Crippen MR) is 138 cm³/mol. The molecule has 0 spiro atoms. The van der Waals surface area contributed by atoms with E-state index < -0.39 is 16.1 Å². The minimum atomic E-state index is -3.57. The van der Waals surface area contributed by atoms with Gasteiger partial charge in [-0.1, -0.05) is 30.3 Å². The number of carbonyl (C=O) groups excluding carboxylic acids is 1. The van der Waals surface area contributed by atoms with Crippen molar-refractivity contribution in [1.29, 1.82) is 0 Å². The van der Waals surface area contributed by atoms with Crippen LogP contribution in [0.3, 0.4) is 0 Å². The second-order valence-electron chi connectivity index (χ2n) is 8.28. The molecule has 0 fully saturated rings. The summed E-state index contributed by atoms with van der Waals surface area (Å²) in [6.45, 7) is 2.61. The SMILES string of the molecule is COC(=O)c1ccc(-c2ccc(OCCN[C@@H](C)[C@@H](O)c3ccc(O)c(NS(C)(=O)=O)c3)cc2)cc1. The highest BCUT2D eigenvalue weighted by molar-refractivity contribution is 7.92. The van der Waals surface area contributed by atoms with E-state index in [9.17, 15) is 23.4 Å². The van der Waals surface area contributed by atoms with Gasteiger partial charge in [0.1, 0.15) is 18.1 Å². The molecule has 4 N–H and O–H groups in total. The van der Waals surface area contributed by atoms with Crippen LogP contribution in [0.5, 0.6) is 11.5 Å². The van der Waals surface area contributed by atoms with Crippen LogP contribution in [-0.4, -0.2) is 57.2 Å². The molecule has 3 aromatic carbocycles. The van der Waals surface area contributed by atoms with E-state index in [-0.39, 0.29) is 23.4 Å². The lowest BCUT2D eigenvalue weighted by molar-refractivity contribution is 0.0600. The maximum absolute atomic E-state index is 11.6. The zero-order valence-electron chi connectivity index (χ0n) is 20.3. The van der Waals surface area contributed by atoms with Gasteiger partial charge in [-0.2, -0.15) is 0 Å². The fourth-order valence-corrected chi connectivity index (χ4v) is 4.10. The lowest BCUT2D eigenvalue weighted by Gasteiger charge is -2.21. The minimum absolute atomic E-state index is 0.00689. The third-order valence-corrected chi connectivity index (χ3v) is 6.05. The largest absolute Gasteiger partial charge is 0.506 e. The van der Waals surface area contributed by atoms with E-state index in [0.717, 1.165) is 17.4 Å². The van der Waals surface area contributed by atoms with E-state index in [0.29, 0.717) is 30.0 Å². The third kappa shape index (κ3) is 7.45. The standard InChI is InChI=1S/C26H30N2O7S/c1-17(25(30)21-10-13-24(29)23(16-21)28-36(3,32)33)27-14-15-35-22-11-8-19(9-12-22)18-4-6-20(7-5-18)26(31)34-2/h4-13,16-17,25,27-30H,14-15H2,1-3H3/t17-,25+/m0/s1. The molecule has 10 heteroatoms. The Balaban J connectivity index is 1.49. The van der Waals surface area contributed by atoms with Crippen molar-refractivity contribution in [2.45, 2.75) is 19.1 Å². The van der Waals surface area contributed by atoms with Gasteiger partial charge in [0.15, 0.2) is 0 Å². The number of hydrogen-bond donors (Lipinski definition) is 4. The highest BCUT2D eigenvalue weighted by Crippen LogP contribution is 2.29. The number of rotatable bonds is 11. The molecule has 0 aliphatic carbocycles. The third-order valence-electron chi connectivity index (χ3n) is 5.46. The highest BCUT2D eigenvalue weighted by Gasteiger charge is 2.18. The molecule has 0 radical (unpaired) electrons. The van der Waals surface area contributed by atoms with Crippen LogP contribution >= 0.6 is 0 Å². The Labute approximate surface area is 210 Å². The molecule has 9 nitrogen and oxygen atoms in total. The Hall–Kier alpha value is -3.60. The van der Waals surface area contributed by atoms with E-state index in [2.05, 4.69) is 10.0 Å². The summed E-state index contributed by atoms with van der Waals surface area (Å²) in [7, 11) is -2.22. The summed E-state index contributed by atoms with van der Waals surface area (Å²) >= 11 is 0. The van der Waals surface area contributed by atoms with Gasteiger partial charge in [0.05, 0.1) is 30.7 Å². The zero-order valence-corrected chi connectivity index (χ0v) is 21.1. The van der Waals surface area contributed by atoms with Crippen LogP contribution < -0.4 is 14.8 Å². The van der Waals surface area contributed by atoms with E-state index in [1.165, 1.54) is 25.3 Å². The molecule has 0 unspecified atom stereocenters. The van der Waals surface area contributed by atoms with Crippen molar-refractivity contribution in [3.63, 3.8) is 0 Å². The molecule has 0 saturated carbocycles. The molecule has 2 atom stereocenters. The fraction of sp³-hybridized carbons (Fsp3) is 0.269. The summed E-state index contributed by atoms with van der Waals surface area (Å²) in [5.41, 5.74) is 2.89. The molecule has 0 aliphatic heterocycles. The molecule has 0 amide bonds. The van der Waals surface area contributed by atoms with Crippen LogP contribution in [0, 0.1) is 0 Å². The van der Waals surface area contributed by atoms with Crippen molar-refractivity contribution < 1.29 is 32.9 Å². The number of benzene rings is 3. The van der Waals surface area contributed by atoms with Gasteiger partial charge in [0.25, 0.3) is 0 Å². The highest BCUT2D eigenvalue weighted by atomic mass is 32.2. The average molecular weight is 515 g/mol. The Bertz CT molecular complexity index is 1280. The van der Waals surface area contributed by atoms with Gasteiger partial charge >= 0.3 is 5.97 Å². The minimum Gasteiger partial charge on any atom is -0.506 e. The van der Waals surface area contributed by atoms with Gasteiger partial charge in [-0.3, -0.25) is 4.72 Å². The number of esters is 1. The number of methoxy groups -OCH3 is 1. The monoisotopic (exact) mass is 514 g/mol. The van der Waals surface area contributed by atoms with Crippen LogP contribution in [-0.2, 0) is 14.8 Å². The second kappa shape index (κ2) is 11.9. The first kappa shape index (κ1) is 27.0. The molecule has 0 heterocycles. The summed E-state index contributed by atoms with van der Waals surface area (Å²) in [4.78, 5) is 11.6. The van der Waals surface area contributed by atoms with Crippen LogP contribution in [0.2, 0.25) is 0 Å². The van der Waals surface area contributed by atoms with E-state index in [1.807, 2.05) is 36.4 Å². The number of carbonyl (C=O) groups is 1. The lowest BCUT2D eigenvalue weighted by atomic mass is 10.0. The predicted octanol–water partition coefficient (Wildman–Crippen LogP) is 3.31. The van der Waals surface area contributed by atoms with Gasteiger partial charge in [-0.05, 0) is 60.0 Å². The molecule has 192 valence electrons. The van der Waals surface area contributed by atoms with Crippen molar-refractivity contribution in [3.8, 4) is 22.6 Å². The van der Waals surface area contributed by atoms with Crippen LogP contribution in [0.4, 0.5) is 5.69 Å². The summed E-state index contributed by atoms with van der Waals surface area (Å²) in [5.74, 6) is 0.0853. The number of phenols is 1. The van der Waals surface area contributed by atoms with Gasteiger partial charge in [-0.15, -0.1) is 0 Å². The zero-order chi connectivity index (χ0) is 26.3. The summed E-state index contributed by atoms with van der Waals surface area (Å²) in [6.07, 6.45) is 0.0485. The van der Waals surface area contributed by atoms with Gasteiger partial charge in [-0.25, -0.2) is 13.2 Å². The summed E-state index contributed by atoms with van der Waals surface area (Å²) in [5, 5.41) is 23.7. The Kier molecular flexibility index (Phi) is 8.92. The molecule has 0 aromatic heterocycles.